The highest BCUT2D eigenvalue weighted by Crippen LogP contribution is 2.28. The first-order valence-corrected chi connectivity index (χ1v) is 6.73. The van der Waals surface area contributed by atoms with Crippen LogP contribution in [-0.4, -0.2) is 21.1 Å². The third kappa shape index (κ3) is 2.36. The molecule has 0 aliphatic rings. The zero-order valence-corrected chi connectivity index (χ0v) is 11.9. The van der Waals surface area contributed by atoms with E-state index in [9.17, 15) is 4.79 Å². The highest BCUT2D eigenvalue weighted by molar-refractivity contribution is 5.79. The quantitative estimate of drug-likeness (QED) is 0.690. The molecule has 0 amide bonds. The minimum atomic E-state index is 0.568. The molecule has 21 heavy (non-hydrogen) atoms. The van der Waals surface area contributed by atoms with Crippen molar-refractivity contribution >= 4 is 6.29 Å². The topological polar surface area (TPSA) is 47.8 Å². The number of pyridine rings is 1. The Kier molecular flexibility index (Phi) is 3.36. The average molecular weight is 277 g/mol. The Bertz CT molecular complexity index is 791. The fraction of sp³-hybridized carbons (Fsp3) is 0.118. The van der Waals surface area contributed by atoms with Gasteiger partial charge in [-0.3, -0.25) is 9.78 Å². The lowest BCUT2D eigenvalue weighted by Gasteiger charge is -2.05. The van der Waals surface area contributed by atoms with Crippen LogP contribution in [0.2, 0.25) is 0 Å². The van der Waals surface area contributed by atoms with Gasteiger partial charge < -0.3 is 0 Å². The number of hydrogen-bond acceptors (Lipinski definition) is 3. The molecule has 0 atom stereocenters. The summed E-state index contributed by atoms with van der Waals surface area (Å²) in [5.74, 6) is 0. The van der Waals surface area contributed by atoms with E-state index in [1.165, 1.54) is 0 Å². The zero-order valence-electron chi connectivity index (χ0n) is 11.9. The van der Waals surface area contributed by atoms with Crippen LogP contribution in [0.15, 0.2) is 48.8 Å². The Morgan fingerprint density at radius 3 is 2.57 bits per heavy atom. The monoisotopic (exact) mass is 277 g/mol. The number of aldehydes is 1. The van der Waals surface area contributed by atoms with Crippen LogP contribution < -0.4 is 0 Å². The van der Waals surface area contributed by atoms with Gasteiger partial charge in [0.1, 0.15) is 0 Å². The van der Waals surface area contributed by atoms with Gasteiger partial charge in [0.15, 0.2) is 6.29 Å². The van der Waals surface area contributed by atoms with E-state index < -0.39 is 0 Å². The molecular formula is C17H15N3O. The van der Waals surface area contributed by atoms with E-state index in [2.05, 4.69) is 10.1 Å². The number of hydrogen-bond donors (Lipinski definition) is 0. The molecule has 0 saturated carbocycles. The standard InChI is InChI=1S/C17H15N3O/c1-12-17(15-8-14(11-21)9-18-10-15)13(2)20(19-12)16-6-4-3-5-7-16/h3-11H,1-2H3. The Morgan fingerprint density at radius 2 is 1.86 bits per heavy atom. The summed E-state index contributed by atoms with van der Waals surface area (Å²) in [6.07, 6.45) is 4.13. The van der Waals surface area contributed by atoms with Crippen molar-refractivity contribution in [1.29, 1.82) is 0 Å². The summed E-state index contributed by atoms with van der Waals surface area (Å²) in [5.41, 5.74) is 5.47. The van der Waals surface area contributed by atoms with E-state index in [4.69, 9.17) is 0 Å². The van der Waals surface area contributed by atoms with Crippen molar-refractivity contribution in [2.45, 2.75) is 13.8 Å². The highest BCUT2D eigenvalue weighted by Gasteiger charge is 2.15. The van der Waals surface area contributed by atoms with Gasteiger partial charge in [-0.25, -0.2) is 4.68 Å². The van der Waals surface area contributed by atoms with Gasteiger partial charge in [0.2, 0.25) is 0 Å². The molecule has 0 aliphatic heterocycles. The van der Waals surface area contributed by atoms with Crippen LogP contribution in [0.3, 0.4) is 0 Å². The fourth-order valence-electron chi connectivity index (χ4n) is 2.54. The summed E-state index contributed by atoms with van der Waals surface area (Å²) >= 11 is 0. The summed E-state index contributed by atoms with van der Waals surface area (Å²) in [4.78, 5) is 15.1. The van der Waals surface area contributed by atoms with Crippen LogP contribution in [0.4, 0.5) is 0 Å². The Balaban J connectivity index is 2.16. The van der Waals surface area contributed by atoms with Crippen LogP contribution >= 0.6 is 0 Å². The first kappa shape index (κ1) is 13.2. The second-order valence-corrected chi connectivity index (χ2v) is 4.92. The number of aryl methyl sites for hydroxylation is 1. The molecule has 4 heteroatoms. The highest BCUT2D eigenvalue weighted by atomic mass is 16.1. The molecule has 0 N–H and O–H groups in total. The maximum Gasteiger partial charge on any atom is 0.151 e. The lowest BCUT2D eigenvalue weighted by atomic mass is 10.0. The van der Waals surface area contributed by atoms with Gasteiger partial charge in [-0.15, -0.1) is 0 Å². The van der Waals surface area contributed by atoms with Gasteiger partial charge in [-0.1, -0.05) is 18.2 Å². The van der Waals surface area contributed by atoms with Crippen LogP contribution in [-0.2, 0) is 0 Å². The zero-order chi connectivity index (χ0) is 14.8. The molecule has 3 aromatic rings. The fourth-order valence-corrected chi connectivity index (χ4v) is 2.54. The molecule has 0 fully saturated rings. The third-order valence-corrected chi connectivity index (χ3v) is 3.48. The van der Waals surface area contributed by atoms with Crippen molar-refractivity contribution in [3.8, 4) is 16.8 Å². The van der Waals surface area contributed by atoms with E-state index in [0.29, 0.717) is 5.56 Å². The molecule has 4 nitrogen and oxygen atoms in total. The van der Waals surface area contributed by atoms with Gasteiger partial charge in [0.05, 0.1) is 11.4 Å². The van der Waals surface area contributed by atoms with Crippen LogP contribution in [0.25, 0.3) is 16.8 Å². The van der Waals surface area contributed by atoms with Gasteiger partial charge in [-0.05, 0) is 32.0 Å². The molecule has 0 radical (unpaired) electrons. The van der Waals surface area contributed by atoms with E-state index in [-0.39, 0.29) is 0 Å². The molecule has 0 unspecified atom stereocenters. The maximum absolute atomic E-state index is 10.9. The van der Waals surface area contributed by atoms with Crippen molar-refractivity contribution in [3.63, 3.8) is 0 Å². The van der Waals surface area contributed by atoms with E-state index >= 15 is 0 Å². The number of rotatable bonds is 3. The first-order chi connectivity index (χ1) is 10.2. The summed E-state index contributed by atoms with van der Waals surface area (Å²) in [5, 5.41) is 4.61. The molecule has 3 rings (SSSR count). The number of nitrogens with zero attached hydrogens (tertiary/aromatic N) is 3. The lowest BCUT2D eigenvalue weighted by molar-refractivity contribution is 0.112. The first-order valence-electron chi connectivity index (χ1n) is 6.73. The summed E-state index contributed by atoms with van der Waals surface area (Å²) in [6.45, 7) is 3.99. The normalized spacial score (nSPS) is 10.6. The number of aromatic nitrogens is 3. The molecule has 0 saturated heterocycles. The Labute approximate surface area is 123 Å². The number of carbonyl (C=O) groups excluding carboxylic acids is 1. The molecule has 2 heterocycles. The van der Waals surface area contributed by atoms with Crippen molar-refractivity contribution in [2.75, 3.05) is 0 Å². The summed E-state index contributed by atoms with van der Waals surface area (Å²) < 4.78 is 1.91. The van der Waals surface area contributed by atoms with Crippen LogP contribution in [0.1, 0.15) is 21.7 Å². The van der Waals surface area contributed by atoms with Crippen LogP contribution in [0, 0.1) is 13.8 Å². The predicted octanol–water partition coefficient (Wildman–Crippen LogP) is 3.36. The third-order valence-electron chi connectivity index (χ3n) is 3.48. The average Bonchev–Trinajstić information content (AvgIpc) is 2.83. The van der Waals surface area contributed by atoms with Gasteiger partial charge in [0.25, 0.3) is 0 Å². The maximum atomic E-state index is 10.9. The lowest BCUT2D eigenvalue weighted by Crippen LogP contribution is -1.98. The van der Waals surface area contributed by atoms with Crippen molar-refractivity contribution < 1.29 is 4.79 Å². The largest absolute Gasteiger partial charge is 0.298 e. The number of para-hydroxylation sites is 1. The summed E-state index contributed by atoms with van der Waals surface area (Å²) in [7, 11) is 0. The minimum Gasteiger partial charge on any atom is -0.298 e. The Hall–Kier alpha value is -2.75. The number of carbonyl (C=O) groups is 1. The SMILES string of the molecule is Cc1nn(-c2ccccc2)c(C)c1-c1cncc(C=O)c1. The smallest absolute Gasteiger partial charge is 0.151 e. The molecule has 2 aromatic heterocycles. The van der Waals surface area contributed by atoms with Crippen molar-refractivity contribution in [2.24, 2.45) is 0 Å². The molecule has 104 valence electrons. The molecular weight excluding hydrogens is 262 g/mol. The van der Waals surface area contributed by atoms with Gasteiger partial charge in [-0.2, -0.15) is 5.10 Å². The van der Waals surface area contributed by atoms with Gasteiger partial charge in [0, 0.05) is 34.8 Å². The van der Waals surface area contributed by atoms with Crippen molar-refractivity contribution in [1.82, 2.24) is 14.8 Å². The predicted molar refractivity (Wildman–Crippen MR) is 81.7 cm³/mol. The van der Waals surface area contributed by atoms with E-state index in [0.717, 1.165) is 34.5 Å². The second kappa shape index (κ2) is 5.32. The summed E-state index contributed by atoms with van der Waals surface area (Å²) in [6, 6.07) is 11.8. The minimum absolute atomic E-state index is 0.568. The van der Waals surface area contributed by atoms with E-state index in [1.807, 2.05) is 54.9 Å². The molecule has 0 aliphatic carbocycles. The molecule has 1 aromatic carbocycles. The van der Waals surface area contributed by atoms with Crippen molar-refractivity contribution in [3.05, 3.63) is 65.7 Å². The van der Waals surface area contributed by atoms with Crippen LogP contribution in [0.5, 0.6) is 0 Å². The number of benzene rings is 1. The second-order valence-electron chi connectivity index (χ2n) is 4.92. The molecule has 0 bridgehead atoms. The Morgan fingerprint density at radius 1 is 1.10 bits per heavy atom. The van der Waals surface area contributed by atoms with Gasteiger partial charge >= 0.3 is 0 Å². The van der Waals surface area contributed by atoms with E-state index in [1.54, 1.807) is 12.4 Å². The molecule has 0 spiro atoms.